The average Bonchev–Trinajstić information content (AvgIpc) is 2.60. The molecule has 1 aromatic carbocycles. The summed E-state index contributed by atoms with van der Waals surface area (Å²) in [6.07, 6.45) is 1.22. The van der Waals surface area contributed by atoms with Gasteiger partial charge in [0.2, 0.25) is 0 Å². The molecule has 0 amide bonds. The Morgan fingerprint density at radius 2 is 2.31 bits per heavy atom. The zero-order valence-electron chi connectivity index (χ0n) is 8.28. The van der Waals surface area contributed by atoms with Gasteiger partial charge in [0.05, 0.1) is 10.4 Å². The second-order valence-corrected chi connectivity index (χ2v) is 3.06. The normalized spacial score (nSPS) is 10.3. The minimum absolute atomic E-state index is 0.156. The van der Waals surface area contributed by atoms with E-state index >= 15 is 0 Å². The first-order valence-corrected chi connectivity index (χ1v) is 4.39. The number of para-hydroxylation sites is 1. The molecule has 0 atom stereocenters. The molecule has 7 nitrogen and oxygen atoms in total. The van der Waals surface area contributed by atoms with Gasteiger partial charge in [-0.05, 0) is 6.07 Å². The molecule has 1 heterocycles. The van der Waals surface area contributed by atoms with Gasteiger partial charge in [-0.2, -0.15) is 4.73 Å². The van der Waals surface area contributed by atoms with Crippen LogP contribution in [0.15, 0.2) is 24.5 Å². The third-order valence-corrected chi connectivity index (χ3v) is 1.94. The fourth-order valence-corrected chi connectivity index (χ4v) is 1.38. The Morgan fingerprint density at radius 1 is 1.56 bits per heavy atom. The highest BCUT2D eigenvalue weighted by molar-refractivity contribution is 5.85. The van der Waals surface area contributed by atoms with E-state index in [0.717, 1.165) is 4.73 Å². The van der Waals surface area contributed by atoms with Gasteiger partial charge in [0.1, 0.15) is 6.33 Å². The van der Waals surface area contributed by atoms with Crippen molar-refractivity contribution in [2.24, 2.45) is 0 Å². The van der Waals surface area contributed by atoms with Crippen molar-refractivity contribution in [3.63, 3.8) is 0 Å². The number of nitro benzene ring substituents is 1. The second-order valence-electron chi connectivity index (χ2n) is 3.06. The fraction of sp³-hybridized carbons (Fsp3) is 0.111. The Bertz CT molecular complexity index is 575. The van der Waals surface area contributed by atoms with Crippen LogP contribution in [0.3, 0.4) is 0 Å². The number of rotatable bonds is 2. The number of nitro groups is 1. The number of fused-ring (bicyclic) bond motifs is 1. The van der Waals surface area contributed by atoms with Crippen molar-refractivity contribution >= 4 is 22.7 Å². The SMILES string of the molecule is CC(=O)On1cnc2cccc([N+](=O)[O-])c21. The summed E-state index contributed by atoms with van der Waals surface area (Å²) in [6, 6.07) is 4.44. The number of non-ortho nitro benzene ring substituents is 1. The van der Waals surface area contributed by atoms with E-state index in [9.17, 15) is 14.9 Å². The van der Waals surface area contributed by atoms with E-state index in [1.807, 2.05) is 0 Å². The molecule has 16 heavy (non-hydrogen) atoms. The number of hydrogen-bond donors (Lipinski definition) is 0. The molecular formula is C9H7N3O4. The Kier molecular flexibility index (Phi) is 2.28. The Morgan fingerprint density at radius 3 is 2.94 bits per heavy atom. The number of carbonyl (C=O) groups excluding carboxylic acids is 1. The van der Waals surface area contributed by atoms with Gasteiger partial charge in [-0.3, -0.25) is 10.1 Å². The topological polar surface area (TPSA) is 87.3 Å². The lowest BCUT2D eigenvalue weighted by molar-refractivity contribution is -0.383. The van der Waals surface area contributed by atoms with Gasteiger partial charge in [-0.15, -0.1) is 0 Å². The van der Waals surface area contributed by atoms with Crippen LogP contribution in [0.4, 0.5) is 5.69 Å². The Hall–Kier alpha value is -2.44. The van der Waals surface area contributed by atoms with Gasteiger partial charge in [0.25, 0.3) is 5.69 Å². The van der Waals surface area contributed by atoms with Gasteiger partial charge in [0.15, 0.2) is 5.52 Å². The van der Waals surface area contributed by atoms with Crippen LogP contribution in [0, 0.1) is 10.1 Å². The summed E-state index contributed by atoms with van der Waals surface area (Å²) in [5, 5.41) is 10.8. The molecule has 2 aromatic rings. The highest BCUT2D eigenvalue weighted by atomic mass is 16.7. The summed E-state index contributed by atoms with van der Waals surface area (Å²) in [6.45, 7) is 1.21. The number of imidazole rings is 1. The molecule has 0 saturated heterocycles. The van der Waals surface area contributed by atoms with Gasteiger partial charge < -0.3 is 4.84 Å². The van der Waals surface area contributed by atoms with Crippen LogP contribution in [0.2, 0.25) is 0 Å². The Labute approximate surface area is 89.4 Å². The standard InChI is InChI=1S/C9H7N3O4/c1-6(13)16-11-5-10-7-3-2-4-8(9(7)11)12(14)15/h2-5H,1H3. The summed E-state index contributed by atoms with van der Waals surface area (Å²) >= 11 is 0. The quantitative estimate of drug-likeness (QED) is 0.555. The van der Waals surface area contributed by atoms with Crippen molar-refractivity contribution < 1.29 is 14.6 Å². The van der Waals surface area contributed by atoms with E-state index in [0.29, 0.717) is 5.52 Å². The van der Waals surface area contributed by atoms with Crippen LogP contribution >= 0.6 is 0 Å². The third-order valence-electron chi connectivity index (χ3n) is 1.94. The van der Waals surface area contributed by atoms with Crippen molar-refractivity contribution in [3.8, 4) is 0 Å². The molecule has 0 saturated carbocycles. The molecule has 7 heteroatoms. The summed E-state index contributed by atoms with van der Waals surface area (Å²) in [4.78, 5) is 29.7. The van der Waals surface area contributed by atoms with Crippen molar-refractivity contribution in [1.82, 2.24) is 9.71 Å². The van der Waals surface area contributed by atoms with Crippen LogP contribution in [0.25, 0.3) is 11.0 Å². The highest BCUT2D eigenvalue weighted by Crippen LogP contribution is 2.23. The van der Waals surface area contributed by atoms with Crippen molar-refractivity contribution in [2.45, 2.75) is 6.92 Å². The summed E-state index contributed by atoms with van der Waals surface area (Å²) in [7, 11) is 0. The zero-order chi connectivity index (χ0) is 11.7. The molecule has 2 rings (SSSR count). The van der Waals surface area contributed by atoms with Crippen LogP contribution < -0.4 is 4.84 Å². The number of benzene rings is 1. The first-order chi connectivity index (χ1) is 7.59. The van der Waals surface area contributed by atoms with E-state index in [1.54, 1.807) is 6.07 Å². The van der Waals surface area contributed by atoms with Crippen molar-refractivity contribution in [3.05, 3.63) is 34.6 Å². The Balaban J connectivity index is 2.67. The molecule has 0 unspecified atom stereocenters. The predicted molar refractivity (Wildman–Crippen MR) is 53.6 cm³/mol. The van der Waals surface area contributed by atoms with E-state index in [-0.39, 0.29) is 11.2 Å². The predicted octanol–water partition coefficient (Wildman–Crippen LogP) is 0.920. The minimum atomic E-state index is -0.572. The van der Waals surface area contributed by atoms with Crippen molar-refractivity contribution in [1.29, 1.82) is 0 Å². The minimum Gasteiger partial charge on any atom is -0.335 e. The maximum absolute atomic E-state index is 10.8. The maximum atomic E-state index is 10.8. The maximum Gasteiger partial charge on any atom is 0.329 e. The second kappa shape index (κ2) is 3.61. The molecule has 0 aliphatic rings. The van der Waals surface area contributed by atoms with Crippen molar-refractivity contribution in [2.75, 3.05) is 0 Å². The van der Waals surface area contributed by atoms with Gasteiger partial charge >= 0.3 is 5.97 Å². The first-order valence-electron chi connectivity index (χ1n) is 4.39. The molecule has 0 aliphatic carbocycles. The average molecular weight is 221 g/mol. The first kappa shape index (κ1) is 10.1. The monoisotopic (exact) mass is 221 g/mol. The molecule has 0 radical (unpaired) electrons. The smallest absolute Gasteiger partial charge is 0.329 e. The summed E-state index contributed by atoms with van der Waals surface area (Å²) in [5.41, 5.74) is 0.411. The molecule has 0 spiro atoms. The summed E-state index contributed by atoms with van der Waals surface area (Å²) in [5.74, 6) is -0.572. The number of hydrogen-bond acceptors (Lipinski definition) is 5. The largest absolute Gasteiger partial charge is 0.335 e. The molecule has 0 bridgehead atoms. The van der Waals surface area contributed by atoms with E-state index in [1.165, 1.54) is 25.4 Å². The molecule has 1 aromatic heterocycles. The number of nitrogens with zero attached hydrogens (tertiary/aromatic N) is 3. The molecule has 0 N–H and O–H groups in total. The zero-order valence-corrected chi connectivity index (χ0v) is 8.28. The van der Waals surface area contributed by atoms with Crippen LogP contribution in [0.5, 0.6) is 0 Å². The van der Waals surface area contributed by atoms with Gasteiger partial charge in [-0.1, -0.05) is 6.07 Å². The van der Waals surface area contributed by atoms with Crippen LogP contribution in [0.1, 0.15) is 6.92 Å². The van der Waals surface area contributed by atoms with E-state index in [2.05, 4.69) is 4.98 Å². The molecular weight excluding hydrogens is 214 g/mol. The lowest BCUT2D eigenvalue weighted by Crippen LogP contribution is -2.15. The summed E-state index contributed by atoms with van der Waals surface area (Å²) < 4.78 is 0.996. The third kappa shape index (κ3) is 1.58. The van der Waals surface area contributed by atoms with E-state index in [4.69, 9.17) is 4.84 Å². The van der Waals surface area contributed by atoms with Gasteiger partial charge in [-0.25, -0.2) is 9.78 Å². The lowest BCUT2D eigenvalue weighted by atomic mass is 10.3. The lowest BCUT2D eigenvalue weighted by Gasteiger charge is -2.01. The van der Waals surface area contributed by atoms with E-state index < -0.39 is 10.9 Å². The number of aromatic nitrogens is 2. The molecule has 82 valence electrons. The van der Waals surface area contributed by atoms with Crippen LogP contribution in [-0.4, -0.2) is 20.6 Å². The molecule has 0 aliphatic heterocycles. The van der Waals surface area contributed by atoms with Crippen LogP contribution in [-0.2, 0) is 4.79 Å². The fourth-order valence-electron chi connectivity index (χ4n) is 1.38. The highest BCUT2D eigenvalue weighted by Gasteiger charge is 2.17. The van der Waals surface area contributed by atoms with Gasteiger partial charge in [0, 0.05) is 13.0 Å². The molecule has 0 fully saturated rings. The number of carbonyl (C=O) groups is 1.